The zero-order valence-electron chi connectivity index (χ0n) is 36.9. The Balaban J connectivity index is 1.34. The summed E-state index contributed by atoms with van der Waals surface area (Å²) in [7, 11) is -22.4. The van der Waals surface area contributed by atoms with Crippen LogP contribution in [-0.2, 0) is 40.1 Å². The van der Waals surface area contributed by atoms with Crippen LogP contribution in [0.1, 0.15) is 22.3 Å². The van der Waals surface area contributed by atoms with Gasteiger partial charge < -0.3 is 0 Å². The molecule has 8 aromatic rings. The van der Waals surface area contributed by atoms with Gasteiger partial charge in [-0.25, -0.2) is 33.7 Å². The normalized spacial score (nSPS) is 12.4. The van der Waals surface area contributed by atoms with Gasteiger partial charge in [-0.1, -0.05) is 156 Å². The Labute approximate surface area is 394 Å². The Bertz CT molecular complexity index is 3120. The Kier molecular flexibility index (Phi) is 12.8. The Morgan fingerprint density at radius 3 is 0.701 bits per heavy atom. The topological polar surface area (TPSA) is 143 Å². The lowest BCUT2D eigenvalue weighted by atomic mass is 10.2. The maximum absolute atomic E-state index is 14.6. The summed E-state index contributed by atoms with van der Waals surface area (Å²) in [6.45, 7) is 7.21. The summed E-state index contributed by atoms with van der Waals surface area (Å²) in [6, 6.07) is 56.0. The number of benzene rings is 8. The molecule has 0 unspecified atom stereocenters. The van der Waals surface area contributed by atoms with E-state index in [9.17, 15) is 33.7 Å². The lowest BCUT2D eigenvalue weighted by molar-refractivity contribution is 0.580. The molecule has 15 heteroatoms. The van der Waals surface area contributed by atoms with E-state index in [-0.39, 0.29) is 31.0 Å². The molecule has 8 rings (SSSR count). The number of anilines is 2. The van der Waals surface area contributed by atoms with Crippen LogP contribution < -0.4 is 28.2 Å². The molecule has 0 saturated heterocycles. The lowest BCUT2D eigenvalue weighted by Gasteiger charge is -2.35. The van der Waals surface area contributed by atoms with E-state index >= 15 is 0 Å². The van der Waals surface area contributed by atoms with Crippen molar-refractivity contribution in [3.05, 3.63) is 229 Å². The van der Waals surface area contributed by atoms with Crippen molar-refractivity contribution in [3.8, 4) is 0 Å². The van der Waals surface area contributed by atoms with E-state index in [1.54, 1.807) is 100 Å². The third-order valence-corrected chi connectivity index (χ3v) is 24.8. The molecule has 8 aromatic carbocycles. The van der Waals surface area contributed by atoms with E-state index in [0.29, 0.717) is 7.42 Å². The summed E-state index contributed by atoms with van der Waals surface area (Å²) in [5.41, 5.74) is 2.92. The maximum Gasteiger partial charge on any atom is 0.277 e. The second kappa shape index (κ2) is 18.2. The Hall–Kier alpha value is -6.62. The van der Waals surface area contributed by atoms with E-state index in [0.717, 1.165) is 43.0 Å². The predicted molar refractivity (Wildman–Crippen MR) is 268 cm³/mol. The van der Waals surface area contributed by atoms with Crippen LogP contribution in [0.3, 0.4) is 0 Å². The van der Waals surface area contributed by atoms with E-state index < -0.39 is 48.2 Å². The van der Waals surface area contributed by atoms with E-state index in [1.807, 2.05) is 60.7 Å². The van der Waals surface area contributed by atoms with Crippen molar-refractivity contribution in [1.29, 1.82) is 0 Å². The molecule has 0 spiro atoms. The van der Waals surface area contributed by atoms with Crippen LogP contribution in [0.2, 0.25) is 0 Å². The van der Waals surface area contributed by atoms with Gasteiger partial charge in [-0.15, -0.1) is 0 Å². The van der Waals surface area contributed by atoms with Crippen molar-refractivity contribution < 1.29 is 33.7 Å². The molecule has 10 nitrogen and oxygen atoms in total. The van der Waals surface area contributed by atoms with Gasteiger partial charge >= 0.3 is 0 Å². The van der Waals surface area contributed by atoms with Crippen molar-refractivity contribution in [2.24, 2.45) is 0 Å². The van der Waals surface area contributed by atoms with Gasteiger partial charge in [0.05, 0.1) is 31.0 Å². The molecule has 0 atom stereocenters. The van der Waals surface area contributed by atoms with Crippen LogP contribution in [0, 0.1) is 27.7 Å². The minimum atomic E-state index is -4.72. The van der Waals surface area contributed by atoms with Crippen LogP contribution in [0.5, 0.6) is 0 Å². The van der Waals surface area contributed by atoms with Crippen molar-refractivity contribution in [2.75, 3.05) is 7.42 Å². The minimum absolute atomic E-state index is 0.123. The first-order valence-corrected chi connectivity index (χ1v) is 28.8. The number of rotatable bonds is 14. The van der Waals surface area contributed by atoms with Gasteiger partial charge in [0.2, 0.25) is 0 Å². The zero-order chi connectivity index (χ0) is 47.8. The second-order valence-electron chi connectivity index (χ2n) is 16.2. The number of sulfonamides is 4. The molecule has 0 aliphatic carbocycles. The second-order valence-corrected chi connectivity index (χ2v) is 27.7. The maximum atomic E-state index is 14.6. The van der Waals surface area contributed by atoms with Crippen LogP contribution in [0.15, 0.2) is 226 Å². The molecule has 0 aromatic heterocycles. The summed E-state index contributed by atoms with van der Waals surface area (Å²) >= 11 is 0. The Morgan fingerprint density at radius 2 is 0.478 bits per heavy atom. The molecule has 0 radical (unpaired) electrons. The van der Waals surface area contributed by atoms with Gasteiger partial charge in [0, 0.05) is 0 Å². The average molecular weight is 983 g/mol. The third-order valence-electron chi connectivity index (χ3n) is 11.6. The number of hydrogen-bond donors (Lipinski definition) is 0. The first-order valence-electron chi connectivity index (χ1n) is 21.1. The van der Waals surface area contributed by atoms with Crippen molar-refractivity contribution in [2.45, 2.75) is 47.3 Å². The summed E-state index contributed by atoms with van der Waals surface area (Å²) in [6.07, 6.45) is 0. The highest BCUT2D eigenvalue weighted by Crippen LogP contribution is 2.33. The smallest absolute Gasteiger partial charge is 0.200 e. The van der Waals surface area contributed by atoms with Crippen LogP contribution >= 0.6 is 0 Å². The highest BCUT2D eigenvalue weighted by atomic mass is 32.3. The molecule has 0 aliphatic rings. The van der Waals surface area contributed by atoms with Gasteiger partial charge in [0.15, 0.2) is 8.07 Å². The van der Waals surface area contributed by atoms with E-state index in [4.69, 9.17) is 0 Å². The Morgan fingerprint density at radius 1 is 0.269 bits per heavy atom. The highest BCUT2D eigenvalue weighted by Gasteiger charge is 2.44. The van der Waals surface area contributed by atoms with Crippen LogP contribution in [0.4, 0.5) is 11.4 Å². The summed E-state index contributed by atoms with van der Waals surface area (Å²) in [5, 5.41) is 3.21. The molecule has 340 valence electrons. The van der Waals surface area contributed by atoms with Gasteiger partial charge in [0.1, 0.15) is 0 Å². The molecule has 0 amide bonds. The third kappa shape index (κ3) is 8.76. The van der Waals surface area contributed by atoms with Crippen molar-refractivity contribution >= 4 is 80.3 Å². The van der Waals surface area contributed by atoms with E-state index in [2.05, 4.69) is 0 Å². The predicted octanol–water partition coefficient (Wildman–Crippen LogP) is 7.47. The van der Waals surface area contributed by atoms with Gasteiger partial charge in [-0.05, 0) is 121 Å². The monoisotopic (exact) mass is 982 g/mol. The minimum Gasteiger partial charge on any atom is -0.200 e. The first-order chi connectivity index (χ1) is 31.9. The quantitative estimate of drug-likeness (QED) is 0.0808. The average Bonchev–Trinajstić information content (AvgIpc) is 3.31. The van der Waals surface area contributed by atoms with Crippen LogP contribution in [-0.4, -0.2) is 41.7 Å². The summed E-state index contributed by atoms with van der Waals surface area (Å²) < 4.78 is 118. The number of nitrogens with zero attached hydrogens (tertiary/aromatic N) is 2. The molecule has 0 heterocycles. The van der Waals surface area contributed by atoms with Gasteiger partial charge in [0.25, 0.3) is 40.1 Å². The van der Waals surface area contributed by atoms with Gasteiger partial charge in [-0.2, -0.15) is 7.42 Å². The summed E-state index contributed by atoms with van der Waals surface area (Å²) in [4.78, 5) is -0.840. The van der Waals surface area contributed by atoms with Crippen molar-refractivity contribution in [1.82, 2.24) is 0 Å². The number of aryl methyl sites for hydroxylation is 4. The standard InChI is InChI=1S/C52H46N2O8S4Si/c1-39-15-27-45(28-16-39)63(55,56)53(64(57,58)46-29-17-40(2)18-30-46)43-23-35-51(36-24-43)67(49-11-7-5-8-12-49,50-13-9-6-10-14-50)52-37-25-44(26-38-52)54(65(59,60)47-31-19-41(3)20-32-47)66(61,62)48-33-21-42(4)22-34-48/h5-38H,1-4H3. The first kappa shape index (κ1) is 46.9. The molecule has 0 saturated carbocycles. The molecule has 67 heavy (non-hydrogen) atoms. The molecular weight excluding hydrogens is 937 g/mol. The molecule has 0 aliphatic heterocycles. The van der Waals surface area contributed by atoms with Crippen LogP contribution in [0.25, 0.3) is 0 Å². The zero-order valence-corrected chi connectivity index (χ0v) is 41.2. The van der Waals surface area contributed by atoms with Gasteiger partial charge in [-0.3, -0.25) is 0 Å². The molecular formula is C52H46N2O8S4Si. The SMILES string of the molecule is Cc1ccc(S(=O)(=O)N(c2ccc([Si](c3ccccc3)(c3ccccc3)c3ccc(N(S(=O)(=O)c4ccc(C)cc4)S(=O)(=O)c4ccc(C)cc4)cc3)cc2)S(=O)(=O)c2ccc(C)cc2)cc1. The fraction of sp³-hybridized carbons (Fsp3) is 0.0769. The fourth-order valence-electron chi connectivity index (χ4n) is 8.08. The highest BCUT2D eigenvalue weighted by molar-refractivity contribution is 8.10. The molecule has 0 bridgehead atoms. The summed E-state index contributed by atoms with van der Waals surface area (Å²) in [5.74, 6) is 0. The number of hydrogen-bond acceptors (Lipinski definition) is 8. The fourth-order valence-corrected chi connectivity index (χ4v) is 20.2. The largest absolute Gasteiger partial charge is 0.277 e. The lowest BCUT2D eigenvalue weighted by Crippen LogP contribution is -2.74. The van der Waals surface area contributed by atoms with E-state index in [1.165, 1.54) is 72.8 Å². The molecule has 0 N–H and O–H groups in total. The molecule has 0 fully saturated rings. The van der Waals surface area contributed by atoms with Crippen molar-refractivity contribution in [3.63, 3.8) is 0 Å².